The van der Waals surface area contributed by atoms with Crippen LogP contribution in [0.1, 0.15) is 38.3 Å². The summed E-state index contributed by atoms with van der Waals surface area (Å²) < 4.78 is 17.3. The van der Waals surface area contributed by atoms with Gasteiger partial charge in [-0.2, -0.15) is 0 Å². The third-order valence-electron chi connectivity index (χ3n) is 9.09. The molecule has 0 bridgehead atoms. The number of nitrogens with one attached hydrogen (secondary N) is 1. The predicted molar refractivity (Wildman–Crippen MR) is 177 cm³/mol. The van der Waals surface area contributed by atoms with Crippen LogP contribution in [0.3, 0.4) is 0 Å². The Morgan fingerprint density at radius 3 is 2.18 bits per heavy atom. The summed E-state index contributed by atoms with van der Waals surface area (Å²) in [6.45, 7) is 7.07. The summed E-state index contributed by atoms with van der Waals surface area (Å²) in [5.74, 6) is 1.66. The van der Waals surface area contributed by atoms with Crippen molar-refractivity contribution in [2.24, 2.45) is 5.41 Å². The number of Topliss-reactive ketones (excluding diaryl/α,β-unsaturated/α-hetero) is 1. The van der Waals surface area contributed by atoms with E-state index in [1.165, 1.54) is 0 Å². The lowest BCUT2D eigenvalue weighted by Crippen LogP contribution is -2.52. The molecule has 1 unspecified atom stereocenters. The highest BCUT2D eigenvalue weighted by atomic mass is 16.5. The van der Waals surface area contributed by atoms with Crippen molar-refractivity contribution >= 4 is 28.8 Å². The average Bonchev–Trinajstić information content (AvgIpc) is 3.18. The van der Waals surface area contributed by atoms with Gasteiger partial charge in [0, 0.05) is 61.2 Å². The summed E-state index contributed by atoms with van der Waals surface area (Å²) >= 11 is 0. The van der Waals surface area contributed by atoms with E-state index in [9.17, 15) is 9.59 Å². The first-order valence-corrected chi connectivity index (χ1v) is 15.5. The zero-order valence-corrected chi connectivity index (χ0v) is 26.8. The van der Waals surface area contributed by atoms with E-state index in [4.69, 9.17) is 14.2 Å². The molecule has 1 N–H and O–H groups in total. The van der Waals surface area contributed by atoms with Crippen molar-refractivity contribution in [1.29, 1.82) is 0 Å². The molecule has 1 saturated heterocycles. The number of ether oxygens (including phenoxy) is 3. The smallest absolute Gasteiger partial charge is 0.242 e. The van der Waals surface area contributed by atoms with E-state index >= 15 is 0 Å². The van der Waals surface area contributed by atoms with E-state index in [1.54, 1.807) is 27.4 Å². The van der Waals surface area contributed by atoms with Crippen molar-refractivity contribution in [3.8, 4) is 17.2 Å². The average molecular weight is 611 g/mol. The molecule has 1 amide bonds. The minimum Gasteiger partial charge on any atom is -0.496 e. The van der Waals surface area contributed by atoms with Gasteiger partial charge < -0.3 is 34.2 Å². The van der Waals surface area contributed by atoms with E-state index in [-0.39, 0.29) is 23.7 Å². The summed E-state index contributed by atoms with van der Waals surface area (Å²) in [7, 11) is 4.78. The number of carbonyl (C=O) groups excluding carboxylic acids is 2. The normalized spacial score (nSPS) is 19.3. The Morgan fingerprint density at radius 2 is 1.49 bits per heavy atom. The fraction of sp³-hybridized carbons (Fsp3) is 0.389. The lowest BCUT2D eigenvalue weighted by Gasteiger charge is -2.40. The maximum absolute atomic E-state index is 14.2. The third kappa shape index (κ3) is 5.91. The van der Waals surface area contributed by atoms with Crippen LogP contribution in [-0.2, 0) is 9.59 Å². The number of benzene rings is 3. The molecule has 0 saturated carbocycles. The van der Waals surface area contributed by atoms with Crippen molar-refractivity contribution < 1.29 is 23.8 Å². The number of hydrogen-bond donors (Lipinski definition) is 1. The van der Waals surface area contributed by atoms with E-state index < -0.39 is 6.04 Å². The van der Waals surface area contributed by atoms with Crippen molar-refractivity contribution in [3.63, 3.8) is 0 Å². The first-order chi connectivity index (χ1) is 21.7. The van der Waals surface area contributed by atoms with Crippen LogP contribution in [0.5, 0.6) is 17.2 Å². The largest absolute Gasteiger partial charge is 0.496 e. The van der Waals surface area contributed by atoms with E-state index in [0.29, 0.717) is 48.8 Å². The van der Waals surface area contributed by atoms with Gasteiger partial charge in [-0.3, -0.25) is 9.59 Å². The van der Waals surface area contributed by atoms with Crippen molar-refractivity contribution in [2.45, 2.75) is 32.7 Å². The molecule has 9 nitrogen and oxygen atoms in total. The van der Waals surface area contributed by atoms with Gasteiger partial charge in [0.1, 0.15) is 5.75 Å². The summed E-state index contributed by atoms with van der Waals surface area (Å²) in [4.78, 5) is 34.7. The first kappa shape index (κ1) is 30.4. The second kappa shape index (κ2) is 12.4. The molecule has 0 radical (unpaired) electrons. The quantitative estimate of drug-likeness (QED) is 0.366. The molecule has 1 fully saturated rings. The van der Waals surface area contributed by atoms with Crippen LogP contribution < -0.4 is 29.3 Å². The minimum absolute atomic E-state index is 0.00889. The first-order valence-electron chi connectivity index (χ1n) is 15.5. The zero-order valence-electron chi connectivity index (χ0n) is 26.8. The van der Waals surface area contributed by atoms with Gasteiger partial charge >= 0.3 is 0 Å². The lowest BCUT2D eigenvalue weighted by atomic mass is 9.73. The van der Waals surface area contributed by atoms with Gasteiger partial charge in [-0.05, 0) is 42.2 Å². The maximum Gasteiger partial charge on any atom is 0.242 e. The van der Waals surface area contributed by atoms with E-state index in [2.05, 4.69) is 41.1 Å². The summed E-state index contributed by atoms with van der Waals surface area (Å²) in [6, 6.07) is 21.3. The van der Waals surface area contributed by atoms with Crippen molar-refractivity contribution in [3.05, 3.63) is 83.6 Å². The number of allylic oxidation sites excluding steroid dienone is 1. The van der Waals surface area contributed by atoms with Crippen LogP contribution in [0, 0.1) is 5.41 Å². The van der Waals surface area contributed by atoms with Crippen LogP contribution in [0.4, 0.5) is 17.1 Å². The van der Waals surface area contributed by atoms with Gasteiger partial charge in [0.2, 0.25) is 5.91 Å². The van der Waals surface area contributed by atoms with E-state index in [1.807, 2.05) is 53.4 Å². The Bertz CT molecular complexity index is 1610. The Kier molecular flexibility index (Phi) is 8.36. The second-order valence-electron chi connectivity index (χ2n) is 12.7. The minimum atomic E-state index is -0.607. The topological polar surface area (TPSA) is 83.6 Å². The summed E-state index contributed by atoms with van der Waals surface area (Å²) in [5.41, 5.74) is 4.91. The molecular weight excluding hydrogens is 568 g/mol. The summed E-state index contributed by atoms with van der Waals surface area (Å²) in [5, 5.41) is 3.63. The standard InChI is InChI=1S/C36H42N4O5/c1-36(2)21-27-34(29(41)22-36)35(25-19-31(44-4)32(45-5)20-30(25)43-3)40(28-14-10-9-13-26(28)37-27)23-33(42)39-17-15-38(16-18-39)24-11-7-6-8-12-24/h6-14,19-20,35,37H,15-18,21-23H2,1-5H3. The van der Waals surface area contributed by atoms with Crippen molar-refractivity contribution in [2.75, 3.05) is 69.2 Å². The molecule has 9 heteroatoms. The Hall–Kier alpha value is -4.66. The Morgan fingerprint density at radius 1 is 0.844 bits per heavy atom. The zero-order chi connectivity index (χ0) is 31.7. The van der Waals surface area contributed by atoms with Gasteiger partial charge in [0.05, 0.1) is 45.3 Å². The highest BCUT2D eigenvalue weighted by Crippen LogP contribution is 2.51. The van der Waals surface area contributed by atoms with Crippen LogP contribution >= 0.6 is 0 Å². The highest BCUT2D eigenvalue weighted by molar-refractivity contribution is 6.02. The highest BCUT2D eigenvalue weighted by Gasteiger charge is 2.43. The number of para-hydroxylation sites is 3. The van der Waals surface area contributed by atoms with Gasteiger partial charge in [-0.15, -0.1) is 0 Å². The number of ketones is 1. The van der Waals surface area contributed by atoms with Gasteiger partial charge in [-0.25, -0.2) is 0 Å². The molecule has 3 aliphatic rings. The number of fused-ring (bicyclic) bond motifs is 1. The fourth-order valence-corrected chi connectivity index (χ4v) is 6.92. The van der Waals surface area contributed by atoms with Gasteiger partial charge in [0.15, 0.2) is 17.3 Å². The SMILES string of the molecule is COc1cc(OC)c(C2C3=C(CC(C)(C)CC3=O)Nc3ccccc3N2CC(=O)N2CCN(c3ccccc3)CC2)cc1OC. The number of amides is 1. The molecule has 236 valence electrons. The number of methoxy groups -OCH3 is 3. The molecule has 6 rings (SSSR count). The van der Waals surface area contributed by atoms with Crippen LogP contribution in [0.2, 0.25) is 0 Å². The second-order valence-corrected chi connectivity index (χ2v) is 12.7. The molecule has 3 aromatic rings. The molecule has 1 aliphatic carbocycles. The molecule has 1 atom stereocenters. The number of anilines is 3. The number of carbonyl (C=O) groups is 2. The molecule has 2 aliphatic heterocycles. The summed E-state index contributed by atoms with van der Waals surface area (Å²) in [6.07, 6.45) is 1.09. The fourth-order valence-electron chi connectivity index (χ4n) is 6.92. The predicted octanol–water partition coefficient (Wildman–Crippen LogP) is 5.68. The van der Waals surface area contributed by atoms with Gasteiger partial charge in [-0.1, -0.05) is 44.2 Å². The monoisotopic (exact) mass is 610 g/mol. The Balaban J connectivity index is 1.44. The maximum atomic E-state index is 14.2. The Labute approximate surface area is 265 Å². The lowest BCUT2D eigenvalue weighted by molar-refractivity contribution is -0.130. The molecule has 3 aromatic carbocycles. The van der Waals surface area contributed by atoms with E-state index in [0.717, 1.165) is 41.4 Å². The number of rotatable bonds is 7. The third-order valence-corrected chi connectivity index (χ3v) is 9.09. The van der Waals surface area contributed by atoms with Crippen LogP contribution in [-0.4, -0.2) is 70.6 Å². The molecular formula is C36H42N4O5. The van der Waals surface area contributed by atoms with Crippen LogP contribution in [0.15, 0.2) is 78.0 Å². The molecule has 2 heterocycles. The van der Waals surface area contributed by atoms with Crippen molar-refractivity contribution in [1.82, 2.24) is 4.90 Å². The molecule has 0 spiro atoms. The molecule has 0 aromatic heterocycles. The van der Waals surface area contributed by atoms with Gasteiger partial charge in [0.25, 0.3) is 0 Å². The number of piperazine rings is 1. The number of hydrogen-bond acceptors (Lipinski definition) is 8. The molecule has 45 heavy (non-hydrogen) atoms. The number of nitrogens with zero attached hydrogens (tertiary/aromatic N) is 3. The van der Waals surface area contributed by atoms with Crippen LogP contribution in [0.25, 0.3) is 0 Å².